The van der Waals surface area contributed by atoms with Crippen molar-refractivity contribution in [2.45, 2.75) is 38.4 Å². The van der Waals surface area contributed by atoms with Crippen molar-refractivity contribution in [3.8, 4) is 5.75 Å². The molecule has 0 bridgehead atoms. The van der Waals surface area contributed by atoms with Gasteiger partial charge >= 0.3 is 0 Å². The fraction of sp³-hybridized carbons (Fsp3) is 0.267. The number of fused-ring (bicyclic) bond motifs is 1. The van der Waals surface area contributed by atoms with Crippen LogP contribution in [0, 0.1) is 6.92 Å². The van der Waals surface area contributed by atoms with Crippen LogP contribution in [0.1, 0.15) is 39.6 Å². The van der Waals surface area contributed by atoms with Crippen LogP contribution in [-0.2, 0) is 24.3 Å². The van der Waals surface area contributed by atoms with Crippen molar-refractivity contribution in [3.63, 3.8) is 0 Å². The first kappa shape index (κ1) is 23.8. The quantitative estimate of drug-likeness (QED) is 0.427. The van der Waals surface area contributed by atoms with Gasteiger partial charge in [0.05, 0.1) is 44.2 Å². The molecule has 1 atom stereocenters. The molecule has 184 valence electrons. The molecule has 0 aliphatic carbocycles. The first-order chi connectivity index (χ1) is 17.6. The Morgan fingerprint density at radius 3 is 2.31 bits per heavy atom. The molecule has 2 heterocycles. The Morgan fingerprint density at radius 1 is 1.06 bits per heavy atom. The fourth-order valence-corrected chi connectivity index (χ4v) is 5.17. The van der Waals surface area contributed by atoms with Crippen molar-refractivity contribution in [1.82, 2.24) is 14.5 Å². The number of aromatic nitrogens is 2. The third-order valence-corrected chi connectivity index (χ3v) is 7.04. The van der Waals surface area contributed by atoms with Gasteiger partial charge in [0.25, 0.3) is 0 Å². The molecule has 0 radical (unpaired) electrons. The van der Waals surface area contributed by atoms with Gasteiger partial charge in [-0.15, -0.1) is 0 Å². The van der Waals surface area contributed by atoms with E-state index in [-0.39, 0.29) is 18.6 Å². The number of methoxy groups -OCH3 is 1. The number of carbonyl (C=O) groups is 1. The van der Waals surface area contributed by atoms with Crippen LogP contribution in [-0.4, -0.2) is 45.2 Å². The molecular formula is C30H31N3O3. The highest BCUT2D eigenvalue weighted by Crippen LogP contribution is 2.32. The topological polar surface area (TPSA) is 67.6 Å². The van der Waals surface area contributed by atoms with E-state index in [1.165, 1.54) is 0 Å². The number of benzene rings is 3. The molecule has 6 heteroatoms. The zero-order valence-corrected chi connectivity index (χ0v) is 20.7. The van der Waals surface area contributed by atoms with Crippen molar-refractivity contribution in [2.24, 2.45) is 0 Å². The first-order valence-corrected chi connectivity index (χ1v) is 12.3. The number of imidazole rings is 1. The molecule has 0 saturated heterocycles. The van der Waals surface area contributed by atoms with Crippen molar-refractivity contribution in [3.05, 3.63) is 119 Å². The average molecular weight is 482 g/mol. The molecule has 3 aromatic carbocycles. The number of hydrogen-bond donors (Lipinski definition) is 1. The highest BCUT2D eigenvalue weighted by molar-refractivity contribution is 5.87. The van der Waals surface area contributed by atoms with Crippen molar-refractivity contribution < 1.29 is 14.6 Å². The van der Waals surface area contributed by atoms with Crippen LogP contribution in [0.15, 0.2) is 85.2 Å². The summed E-state index contributed by atoms with van der Waals surface area (Å²) >= 11 is 0. The minimum absolute atomic E-state index is 0.0163. The molecule has 1 aliphatic heterocycles. The largest absolute Gasteiger partial charge is 0.496 e. The van der Waals surface area contributed by atoms with Crippen molar-refractivity contribution in [2.75, 3.05) is 13.7 Å². The van der Waals surface area contributed by atoms with Gasteiger partial charge in [-0.25, -0.2) is 4.98 Å². The van der Waals surface area contributed by atoms with Gasteiger partial charge in [0.15, 0.2) is 0 Å². The van der Waals surface area contributed by atoms with E-state index in [0.29, 0.717) is 19.5 Å². The molecule has 1 amide bonds. The molecule has 0 spiro atoms. The number of rotatable bonds is 7. The average Bonchev–Trinajstić information content (AvgIpc) is 3.30. The van der Waals surface area contributed by atoms with E-state index in [0.717, 1.165) is 39.4 Å². The lowest BCUT2D eigenvalue weighted by Gasteiger charge is -2.37. The summed E-state index contributed by atoms with van der Waals surface area (Å²) in [7, 11) is 1.68. The normalized spacial score (nSPS) is 15.1. The molecule has 0 unspecified atom stereocenters. The Kier molecular flexibility index (Phi) is 6.87. The van der Waals surface area contributed by atoms with E-state index < -0.39 is 5.92 Å². The maximum atomic E-state index is 14.0. The van der Waals surface area contributed by atoms with E-state index >= 15 is 0 Å². The van der Waals surface area contributed by atoms with Crippen LogP contribution in [0.2, 0.25) is 0 Å². The monoisotopic (exact) mass is 481 g/mol. The zero-order chi connectivity index (χ0) is 25.1. The Balaban J connectivity index is 1.43. The summed E-state index contributed by atoms with van der Waals surface area (Å²) < 4.78 is 7.52. The molecule has 4 aromatic rings. The summed E-state index contributed by atoms with van der Waals surface area (Å²) in [5, 5.41) is 10.3. The highest BCUT2D eigenvalue weighted by Gasteiger charge is 2.36. The van der Waals surface area contributed by atoms with Gasteiger partial charge in [-0.1, -0.05) is 72.8 Å². The summed E-state index contributed by atoms with van der Waals surface area (Å²) in [6.45, 7) is 2.99. The number of ether oxygens (including phenoxy) is 1. The third-order valence-electron chi connectivity index (χ3n) is 7.04. The Hall–Kier alpha value is -3.90. The van der Waals surface area contributed by atoms with Crippen LogP contribution < -0.4 is 4.74 Å². The van der Waals surface area contributed by atoms with E-state index in [9.17, 15) is 9.90 Å². The van der Waals surface area contributed by atoms with Gasteiger partial charge in [-0.3, -0.25) is 4.79 Å². The van der Waals surface area contributed by atoms with Crippen LogP contribution >= 0.6 is 0 Å². The van der Waals surface area contributed by atoms with Crippen LogP contribution in [0.25, 0.3) is 0 Å². The van der Waals surface area contributed by atoms with Gasteiger partial charge in [-0.2, -0.15) is 0 Å². The lowest BCUT2D eigenvalue weighted by atomic mass is 9.88. The highest BCUT2D eigenvalue weighted by atomic mass is 16.5. The second kappa shape index (κ2) is 10.4. The van der Waals surface area contributed by atoms with Gasteiger partial charge in [0.2, 0.25) is 5.91 Å². The lowest BCUT2D eigenvalue weighted by molar-refractivity contribution is -0.136. The molecule has 1 aliphatic rings. The fourth-order valence-electron chi connectivity index (χ4n) is 5.17. The van der Waals surface area contributed by atoms with Gasteiger partial charge in [0, 0.05) is 18.7 Å². The summed E-state index contributed by atoms with van der Waals surface area (Å²) in [4.78, 5) is 20.5. The predicted octanol–water partition coefficient (Wildman–Crippen LogP) is 4.33. The Labute approximate surface area is 211 Å². The number of carbonyl (C=O) groups excluding carboxylic acids is 1. The van der Waals surface area contributed by atoms with E-state index in [4.69, 9.17) is 4.74 Å². The van der Waals surface area contributed by atoms with Crippen molar-refractivity contribution >= 4 is 5.91 Å². The smallest absolute Gasteiger partial charge is 0.235 e. The molecule has 6 nitrogen and oxygen atoms in total. The zero-order valence-electron chi connectivity index (χ0n) is 20.7. The Bertz CT molecular complexity index is 1290. The van der Waals surface area contributed by atoms with Gasteiger partial charge < -0.3 is 19.3 Å². The van der Waals surface area contributed by atoms with Gasteiger partial charge in [-0.05, 0) is 35.2 Å². The standard InChI is InChI=1S/C30H31N3O3/c1-21-15-22(13-14-28(21)36-2)17-32-20-31-26-18-33(25(19-34)16-27(26)32)30(35)29(23-9-5-3-6-10-23)24-11-7-4-8-12-24/h3-15,20,25,29,34H,16-19H2,1-2H3/t25-/m0/s1. The van der Waals surface area contributed by atoms with Crippen molar-refractivity contribution in [1.29, 1.82) is 0 Å². The molecule has 1 N–H and O–H groups in total. The Morgan fingerprint density at radius 2 is 1.72 bits per heavy atom. The van der Waals surface area contributed by atoms with E-state index in [1.54, 1.807) is 7.11 Å². The molecule has 36 heavy (non-hydrogen) atoms. The lowest BCUT2D eigenvalue weighted by Crippen LogP contribution is -2.48. The second-order valence-electron chi connectivity index (χ2n) is 9.33. The minimum atomic E-state index is -0.438. The minimum Gasteiger partial charge on any atom is -0.496 e. The SMILES string of the molecule is COc1ccc(Cn2cnc3c2C[C@@H](CO)N(C(=O)C(c2ccccc2)c2ccccc2)C3)cc1C. The van der Waals surface area contributed by atoms with E-state index in [2.05, 4.69) is 21.7 Å². The number of aliphatic hydroxyl groups is 1. The predicted molar refractivity (Wildman–Crippen MR) is 139 cm³/mol. The molecular weight excluding hydrogens is 450 g/mol. The molecule has 5 rings (SSSR count). The van der Waals surface area contributed by atoms with E-state index in [1.807, 2.05) is 84.9 Å². The summed E-state index contributed by atoms with van der Waals surface area (Å²) in [5.41, 5.74) is 6.08. The number of nitrogens with zero attached hydrogens (tertiary/aromatic N) is 3. The summed E-state index contributed by atoms with van der Waals surface area (Å²) in [6, 6.07) is 25.6. The number of hydrogen-bond acceptors (Lipinski definition) is 4. The summed E-state index contributed by atoms with van der Waals surface area (Å²) in [6.07, 6.45) is 2.40. The number of amides is 1. The number of aryl methyl sites for hydroxylation is 1. The number of aliphatic hydroxyl groups excluding tert-OH is 1. The first-order valence-electron chi connectivity index (χ1n) is 12.3. The van der Waals surface area contributed by atoms with Crippen LogP contribution in [0.4, 0.5) is 0 Å². The molecule has 0 fully saturated rings. The van der Waals surface area contributed by atoms with Crippen LogP contribution in [0.3, 0.4) is 0 Å². The molecule has 0 saturated carbocycles. The molecule has 1 aromatic heterocycles. The third kappa shape index (κ3) is 4.64. The maximum absolute atomic E-state index is 14.0. The second-order valence-corrected chi connectivity index (χ2v) is 9.33. The van der Waals surface area contributed by atoms with Gasteiger partial charge in [0.1, 0.15) is 5.75 Å². The van der Waals surface area contributed by atoms with Crippen LogP contribution in [0.5, 0.6) is 5.75 Å². The maximum Gasteiger partial charge on any atom is 0.235 e. The summed E-state index contributed by atoms with van der Waals surface area (Å²) in [5.74, 6) is 0.414.